The number of nitro benzene ring substituents is 1. The molecule has 9 heteroatoms. The summed E-state index contributed by atoms with van der Waals surface area (Å²) < 4.78 is 2.95. The second-order valence-electron chi connectivity index (χ2n) is 7.29. The van der Waals surface area contributed by atoms with Crippen molar-refractivity contribution in [3.05, 3.63) is 81.9 Å². The van der Waals surface area contributed by atoms with Crippen molar-refractivity contribution in [2.24, 2.45) is 0 Å². The number of carbonyl (C=O) groups excluding carboxylic acids is 1. The SMILES string of the molecule is Cc1ccc2nc(N(CCCn3ccnc3)C(=O)c3cccc([N+](=O)[O-])c3C)sc2c1. The number of thiazole rings is 1. The Morgan fingerprint density at radius 2 is 2.10 bits per heavy atom. The molecule has 1 amide bonds. The minimum absolute atomic E-state index is 0.0656. The number of hydrogen-bond donors (Lipinski definition) is 0. The molecule has 0 saturated carbocycles. The van der Waals surface area contributed by atoms with Crippen LogP contribution in [0.5, 0.6) is 0 Å². The number of aryl methyl sites for hydroxylation is 2. The van der Waals surface area contributed by atoms with E-state index in [1.807, 2.05) is 35.9 Å². The monoisotopic (exact) mass is 435 g/mol. The molecule has 4 aromatic rings. The van der Waals surface area contributed by atoms with Gasteiger partial charge in [-0.15, -0.1) is 0 Å². The van der Waals surface area contributed by atoms with E-state index in [0.717, 1.165) is 15.8 Å². The molecule has 2 heterocycles. The average molecular weight is 436 g/mol. The maximum Gasteiger partial charge on any atom is 0.273 e. The largest absolute Gasteiger partial charge is 0.337 e. The van der Waals surface area contributed by atoms with Gasteiger partial charge in [0.25, 0.3) is 11.6 Å². The Morgan fingerprint density at radius 3 is 2.84 bits per heavy atom. The highest BCUT2D eigenvalue weighted by molar-refractivity contribution is 7.22. The molecule has 0 bridgehead atoms. The summed E-state index contributed by atoms with van der Waals surface area (Å²) in [6.07, 6.45) is 6.00. The van der Waals surface area contributed by atoms with Crippen molar-refractivity contribution >= 4 is 38.3 Å². The maximum absolute atomic E-state index is 13.5. The summed E-state index contributed by atoms with van der Waals surface area (Å²) >= 11 is 1.45. The van der Waals surface area contributed by atoms with E-state index in [1.54, 1.807) is 36.5 Å². The number of imidazole rings is 1. The second-order valence-corrected chi connectivity index (χ2v) is 8.29. The number of nitrogens with zero attached hydrogens (tertiary/aromatic N) is 5. The van der Waals surface area contributed by atoms with Gasteiger partial charge in [0.05, 0.1) is 21.5 Å². The van der Waals surface area contributed by atoms with Crippen LogP contribution in [0.3, 0.4) is 0 Å². The number of nitro groups is 1. The summed E-state index contributed by atoms with van der Waals surface area (Å²) in [6, 6.07) is 10.6. The highest BCUT2D eigenvalue weighted by Gasteiger charge is 2.25. The third kappa shape index (κ3) is 4.31. The van der Waals surface area contributed by atoms with Gasteiger partial charge in [-0.25, -0.2) is 9.97 Å². The predicted octanol–water partition coefficient (Wildman–Crippen LogP) is 4.75. The van der Waals surface area contributed by atoms with Crippen LogP contribution in [0.2, 0.25) is 0 Å². The molecule has 2 aromatic heterocycles. The molecule has 8 nitrogen and oxygen atoms in total. The van der Waals surface area contributed by atoms with Crippen LogP contribution in [0.4, 0.5) is 10.8 Å². The van der Waals surface area contributed by atoms with E-state index in [1.165, 1.54) is 17.4 Å². The lowest BCUT2D eigenvalue weighted by Gasteiger charge is -2.21. The van der Waals surface area contributed by atoms with Crippen LogP contribution in [-0.4, -0.2) is 31.9 Å². The summed E-state index contributed by atoms with van der Waals surface area (Å²) in [6.45, 7) is 4.75. The fourth-order valence-electron chi connectivity index (χ4n) is 3.45. The van der Waals surface area contributed by atoms with Gasteiger partial charge >= 0.3 is 0 Å². The summed E-state index contributed by atoms with van der Waals surface area (Å²) in [4.78, 5) is 34.8. The van der Waals surface area contributed by atoms with Crippen molar-refractivity contribution in [3.8, 4) is 0 Å². The topological polar surface area (TPSA) is 94.2 Å². The second kappa shape index (κ2) is 8.65. The number of carbonyl (C=O) groups is 1. The molecular weight excluding hydrogens is 414 g/mol. The molecule has 0 aliphatic rings. The van der Waals surface area contributed by atoms with Crippen LogP contribution < -0.4 is 4.90 Å². The molecule has 0 atom stereocenters. The summed E-state index contributed by atoms with van der Waals surface area (Å²) in [7, 11) is 0. The van der Waals surface area contributed by atoms with Crippen molar-refractivity contribution in [1.29, 1.82) is 0 Å². The Morgan fingerprint density at radius 1 is 1.26 bits per heavy atom. The summed E-state index contributed by atoms with van der Waals surface area (Å²) in [5, 5.41) is 11.9. The van der Waals surface area contributed by atoms with Gasteiger partial charge in [0.2, 0.25) is 0 Å². The van der Waals surface area contributed by atoms with E-state index in [0.29, 0.717) is 35.8 Å². The van der Waals surface area contributed by atoms with Gasteiger partial charge in [-0.1, -0.05) is 23.5 Å². The van der Waals surface area contributed by atoms with Gasteiger partial charge in [-0.2, -0.15) is 0 Å². The van der Waals surface area contributed by atoms with E-state index in [4.69, 9.17) is 0 Å². The van der Waals surface area contributed by atoms with Gasteiger partial charge in [0.1, 0.15) is 0 Å². The van der Waals surface area contributed by atoms with Gasteiger partial charge in [0.15, 0.2) is 5.13 Å². The number of benzene rings is 2. The Labute approximate surface area is 182 Å². The van der Waals surface area contributed by atoms with Gasteiger partial charge in [-0.05, 0) is 44.0 Å². The van der Waals surface area contributed by atoms with Crippen LogP contribution in [0.1, 0.15) is 27.9 Å². The van der Waals surface area contributed by atoms with Crippen molar-refractivity contribution in [2.75, 3.05) is 11.4 Å². The molecule has 2 aromatic carbocycles. The highest BCUT2D eigenvalue weighted by Crippen LogP contribution is 2.32. The van der Waals surface area contributed by atoms with Crippen LogP contribution >= 0.6 is 11.3 Å². The summed E-state index contributed by atoms with van der Waals surface area (Å²) in [5.74, 6) is -0.289. The van der Waals surface area contributed by atoms with Gasteiger partial charge in [0, 0.05) is 42.7 Å². The number of hydrogen-bond acceptors (Lipinski definition) is 6. The van der Waals surface area contributed by atoms with E-state index < -0.39 is 4.92 Å². The number of fused-ring (bicyclic) bond motifs is 1. The smallest absolute Gasteiger partial charge is 0.273 e. The number of anilines is 1. The first-order valence-electron chi connectivity index (χ1n) is 9.83. The molecule has 0 radical (unpaired) electrons. The molecule has 0 N–H and O–H groups in total. The standard InChI is InChI=1S/C22H21N5O3S/c1-15-7-8-18-20(13-15)31-22(24-18)26(11-4-10-25-12-9-23-14-25)21(28)17-5-3-6-19(16(17)2)27(29)30/h3,5-9,12-14H,4,10-11H2,1-2H3. The van der Waals surface area contributed by atoms with Gasteiger partial charge in [-0.3, -0.25) is 19.8 Å². The Bertz CT molecular complexity index is 1250. The highest BCUT2D eigenvalue weighted by atomic mass is 32.1. The molecule has 0 fully saturated rings. The zero-order chi connectivity index (χ0) is 22.0. The van der Waals surface area contributed by atoms with E-state index in [-0.39, 0.29) is 11.6 Å². The van der Waals surface area contributed by atoms with Crippen molar-refractivity contribution in [3.63, 3.8) is 0 Å². The first kappa shape index (κ1) is 20.7. The third-order valence-corrected chi connectivity index (χ3v) is 6.14. The molecule has 0 aliphatic carbocycles. The van der Waals surface area contributed by atoms with E-state index in [9.17, 15) is 14.9 Å². The van der Waals surface area contributed by atoms with E-state index >= 15 is 0 Å². The zero-order valence-electron chi connectivity index (χ0n) is 17.2. The fraction of sp³-hybridized carbons (Fsp3) is 0.227. The summed E-state index contributed by atoms with van der Waals surface area (Å²) in [5.41, 5.74) is 2.55. The Hall–Kier alpha value is -3.59. The molecule has 0 saturated heterocycles. The number of rotatable bonds is 7. The lowest BCUT2D eigenvalue weighted by atomic mass is 10.1. The molecule has 0 unspecified atom stereocenters. The van der Waals surface area contributed by atoms with E-state index in [2.05, 4.69) is 9.97 Å². The lowest BCUT2D eigenvalue weighted by Crippen LogP contribution is -2.33. The van der Waals surface area contributed by atoms with Crippen LogP contribution in [0.25, 0.3) is 10.2 Å². The van der Waals surface area contributed by atoms with Crippen LogP contribution in [0, 0.1) is 24.0 Å². The first-order chi connectivity index (χ1) is 14.9. The zero-order valence-corrected chi connectivity index (χ0v) is 18.0. The predicted molar refractivity (Wildman–Crippen MR) is 121 cm³/mol. The van der Waals surface area contributed by atoms with Crippen molar-refractivity contribution in [1.82, 2.24) is 14.5 Å². The van der Waals surface area contributed by atoms with Crippen molar-refractivity contribution < 1.29 is 9.72 Å². The molecule has 31 heavy (non-hydrogen) atoms. The molecule has 158 valence electrons. The third-order valence-electron chi connectivity index (χ3n) is 5.10. The Kier molecular flexibility index (Phi) is 5.77. The quantitative estimate of drug-likeness (QED) is 0.308. The fourth-order valence-corrected chi connectivity index (χ4v) is 4.54. The van der Waals surface area contributed by atoms with Gasteiger partial charge < -0.3 is 4.57 Å². The minimum Gasteiger partial charge on any atom is -0.337 e. The Balaban J connectivity index is 1.69. The first-order valence-corrected chi connectivity index (χ1v) is 10.6. The molecular formula is C22H21N5O3S. The number of aromatic nitrogens is 3. The van der Waals surface area contributed by atoms with Crippen molar-refractivity contribution in [2.45, 2.75) is 26.8 Å². The maximum atomic E-state index is 13.5. The number of amides is 1. The molecule has 4 rings (SSSR count). The minimum atomic E-state index is -0.462. The lowest BCUT2D eigenvalue weighted by molar-refractivity contribution is -0.385. The van der Waals surface area contributed by atoms with Crippen LogP contribution in [-0.2, 0) is 6.54 Å². The normalized spacial score (nSPS) is 11.0. The molecule has 0 spiro atoms. The van der Waals surface area contributed by atoms with Crippen LogP contribution in [0.15, 0.2) is 55.1 Å². The molecule has 0 aliphatic heterocycles. The average Bonchev–Trinajstić information content (AvgIpc) is 3.40.